The normalized spacial score (nSPS) is 10.8. The van der Waals surface area contributed by atoms with E-state index in [-0.39, 0.29) is 12.5 Å². The lowest BCUT2D eigenvalue weighted by Gasteiger charge is -2.11. The molecule has 4 aromatic rings. The number of benzene rings is 3. The summed E-state index contributed by atoms with van der Waals surface area (Å²) in [5.41, 5.74) is 3.26. The summed E-state index contributed by atoms with van der Waals surface area (Å²) in [6.07, 6.45) is 0.633. The van der Waals surface area contributed by atoms with Crippen molar-refractivity contribution >= 4 is 28.5 Å². The van der Waals surface area contributed by atoms with Crippen LogP contribution in [0.2, 0.25) is 5.02 Å². The molecule has 6 heteroatoms. The first-order valence-corrected chi connectivity index (χ1v) is 10.2. The van der Waals surface area contributed by atoms with Crippen molar-refractivity contribution in [2.45, 2.75) is 13.0 Å². The number of nitrogens with zero attached hydrogens (tertiary/aromatic N) is 2. The van der Waals surface area contributed by atoms with Crippen molar-refractivity contribution in [3.05, 3.63) is 95.3 Å². The van der Waals surface area contributed by atoms with E-state index in [0.29, 0.717) is 23.7 Å². The van der Waals surface area contributed by atoms with Crippen LogP contribution in [-0.4, -0.2) is 28.6 Å². The molecule has 0 saturated carbocycles. The molecule has 1 aromatic heterocycles. The van der Waals surface area contributed by atoms with Gasteiger partial charge in [0, 0.05) is 24.5 Å². The number of halogens is 1. The third-order valence-electron chi connectivity index (χ3n) is 4.77. The Balaban J connectivity index is 1.38. The highest BCUT2D eigenvalue weighted by Crippen LogP contribution is 2.18. The maximum absolute atomic E-state index is 12.1. The minimum absolute atomic E-state index is 0.0396. The summed E-state index contributed by atoms with van der Waals surface area (Å²) in [4.78, 5) is 16.9. The fourth-order valence-corrected chi connectivity index (χ4v) is 3.43. The highest BCUT2D eigenvalue weighted by molar-refractivity contribution is 6.30. The molecule has 1 heterocycles. The van der Waals surface area contributed by atoms with Crippen LogP contribution in [0, 0.1) is 0 Å². The molecule has 3 aromatic carbocycles. The molecule has 0 fully saturated rings. The van der Waals surface area contributed by atoms with Gasteiger partial charge >= 0.3 is 0 Å². The summed E-state index contributed by atoms with van der Waals surface area (Å²) in [6, 6.07) is 25.3. The molecule has 1 amide bonds. The molecule has 0 aliphatic carbocycles. The van der Waals surface area contributed by atoms with E-state index in [1.165, 1.54) is 5.56 Å². The first-order chi connectivity index (χ1) is 14.7. The number of rotatable bonds is 8. The van der Waals surface area contributed by atoms with Crippen molar-refractivity contribution in [1.82, 2.24) is 14.9 Å². The molecule has 0 spiro atoms. The van der Waals surface area contributed by atoms with Crippen LogP contribution in [0.25, 0.3) is 11.0 Å². The summed E-state index contributed by atoms with van der Waals surface area (Å²) < 4.78 is 7.69. The van der Waals surface area contributed by atoms with Gasteiger partial charge in [0.25, 0.3) is 5.91 Å². The quantitative estimate of drug-likeness (QED) is 0.458. The minimum Gasteiger partial charge on any atom is -0.484 e. The molecule has 0 aliphatic heterocycles. The van der Waals surface area contributed by atoms with Gasteiger partial charge in [0.2, 0.25) is 0 Å². The predicted octanol–water partition coefficient (Wildman–Crippen LogP) is 4.48. The van der Waals surface area contributed by atoms with Crippen molar-refractivity contribution in [1.29, 1.82) is 0 Å². The molecule has 1 N–H and O–H groups in total. The predicted molar refractivity (Wildman–Crippen MR) is 119 cm³/mol. The van der Waals surface area contributed by atoms with Gasteiger partial charge in [-0.2, -0.15) is 0 Å². The summed E-state index contributed by atoms with van der Waals surface area (Å²) in [5, 5.41) is 3.53. The highest BCUT2D eigenvalue weighted by Gasteiger charge is 2.11. The van der Waals surface area contributed by atoms with E-state index in [0.717, 1.165) is 23.4 Å². The smallest absolute Gasteiger partial charge is 0.257 e. The SMILES string of the molecule is O=C(COc1ccc(Cl)cc1)NCCc1nc2ccccc2n1Cc1ccccc1. The van der Waals surface area contributed by atoms with Crippen LogP contribution in [-0.2, 0) is 17.8 Å². The number of amides is 1. The first kappa shape index (κ1) is 20.0. The number of carbonyl (C=O) groups is 1. The number of carbonyl (C=O) groups excluding carboxylic acids is 1. The van der Waals surface area contributed by atoms with Gasteiger partial charge in [0.15, 0.2) is 6.61 Å². The van der Waals surface area contributed by atoms with Crippen LogP contribution in [0.15, 0.2) is 78.9 Å². The molecule has 4 rings (SSSR count). The van der Waals surface area contributed by atoms with E-state index in [2.05, 4.69) is 28.1 Å². The second-order valence-electron chi connectivity index (χ2n) is 6.93. The molecular formula is C24H22ClN3O2. The van der Waals surface area contributed by atoms with E-state index in [1.54, 1.807) is 24.3 Å². The minimum atomic E-state index is -0.171. The van der Waals surface area contributed by atoms with E-state index < -0.39 is 0 Å². The summed E-state index contributed by atoms with van der Waals surface area (Å²) in [6.45, 7) is 1.19. The Morgan fingerprint density at radius 3 is 2.50 bits per heavy atom. The summed E-state index contributed by atoms with van der Waals surface area (Å²) in [7, 11) is 0. The average Bonchev–Trinajstić information content (AvgIpc) is 3.11. The number of aromatic nitrogens is 2. The van der Waals surface area contributed by atoms with Gasteiger partial charge in [-0.15, -0.1) is 0 Å². The monoisotopic (exact) mass is 419 g/mol. The first-order valence-electron chi connectivity index (χ1n) is 9.82. The lowest BCUT2D eigenvalue weighted by atomic mass is 10.2. The zero-order valence-electron chi connectivity index (χ0n) is 16.4. The lowest BCUT2D eigenvalue weighted by Crippen LogP contribution is -2.31. The molecule has 0 unspecified atom stereocenters. The zero-order chi connectivity index (χ0) is 20.8. The van der Waals surface area contributed by atoms with E-state index in [9.17, 15) is 4.79 Å². The summed E-state index contributed by atoms with van der Waals surface area (Å²) >= 11 is 5.85. The van der Waals surface area contributed by atoms with Gasteiger partial charge in [-0.05, 0) is 42.0 Å². The average molecular weight is 420 g/mol. The molecule has 0 bridgehead atoms. The molecule has 30 heavy (non-hydrogen) atoms. The molecule has 0 atom stereocenters. The van der Waals surface area contributed by atoms with Crippen molar-refractivity contribution in [3.8, 4) is 5.75 Å². The van der Waals surface area contributed by atoms with Crippen LogP contribution in [0.4, 0.5) is 0 Å². The van der Waals surface area contributed by atoms with Crippen LogP contribution < -0.4 is 10.1 Å². The van der Waals surface area contributed by atoms with E-state index >= 15 is 0 Å². The van der Waals surface area contributed by atoms with E-state index in [4.69, 9.17) is 21.3 Å². The number of ether oxygens (including phenoxy) is 1. The Hall–Kier alpha value is -3.31. The second kappa shape index (κ2) is 9.46. The van der Waals surface area contributed by atoms with Crippen molar-refractivity contribution in [2.24, 2.45) is 0 Å². The number of hydrogen-bond acceptors (Lipinski definition) is 3. The molecular weight excluding hydrogens is 398 g/mol. The van der Waals surface area contributed by atoms with Crippen molar-refractivity contribution in [3.63, 3.8) is 0 Å². The fraction of sp³-hybridized carbons (Fsp3) is 0.167. The Morgan fingerprint density at radius 1 is 0.967 bits per heavy atom. The Bertz CT molecular complexity index is 1120. The van der Waals surface area contributed by atoms with Crippen LogP contribution >= 0.6 is 11.6 Å². The molecule has 5 nitrogen and oxygen atoms in total. The van der Waals surface area contributed by atoms with Gasteiger partial charge in [0.05, 0.1) is 11.0 Å². The molecule has 0 saturated heterocycles. The number of para-hydroxylation sites is 2. The second-order valence-corrected chi connectivity index (χ2v) is 7.37. The maximum atomic E-state index is 12.1. The van der Waals surface area contributed by atoms with Gasteiger partial charge < -0.3 is 14.6 Å². The van der Waals surface area contributed by atoms with Gasteiger partial charge in [0.1, 0.15) is 11.6 Å². The maximum Gasteiger partial charge on any atom is 0.257 e. The van der Waals surface area contributed by atoms with E-state index in [1.807, 2.05) is 36.4 Å². The van der Waals surface area contributed by atoms with Gasteiger partial charge in [-0.25, -0.2) is 4.98 Å². The largest absolute Gasteiger partial charge is 0.484 e. The number of hydrogen-bond donors (Lipinski definition) is 1. The van der Waals surface area contributed by atoms with Crippen molar-refractivity contribution in [2.75, 3.05) is 13.2 Å². The number of fused-ring (bicyclic) bond motifs is 1. The number of nitrogens with one attached hydrogen (secondary N) is 1. The molecule has 0 radical (unpaired) electrons. The number of imidazole rings is 1. The van der Waals surface area contributed by atoms with Crippen LogP contribution in [0.1, 0.15) is 11.4 Å². The summed E-state index contributed by atoms with van der Waals surface area (Å²) in [5.74, 6) is 1.38. The van der Waals surface area contributed by atoms with Gasteiger partial charge in [-0.3, -0.25) is 4.79 Å². The Labute approximate surface area is 180 Å². The lowest BCUT2D eigenvalue weighted by molar-refractivity contribution is -0.123. The van der Waals surface area contributed by atoms with Crippen LogP contribution in [0.3, 0.4) is 0 Å². The molecule has 0 aliphatic rings. The van der Waals surface area contributed by atoms with Crippen molar-refractivity contribution < 1.29 is 9.53 Å². The Kier molecular flexibility index (Phi) is 6.30. The zero-order valence-corrected chi connectivity index (χ0v) is 17.2. The molecule has 152 valence electrons. The fourth-order valence-electron chi connectivity index (χ4n) is 3.30. The topological polar surface area (TPSA) is 56.1 Å². The van der Waals surface area contributed by atoms with Crippen LogP contribution in [0.5, 0.6) is 5.75 Å². The standard InChI is InChI=1S/C24H22ClN3O2/c25-19-10-12-20(13-11-19)30-17-24(29)26-15-14-23-27-21-8-4-5-9-22(21)28(23)16-18-6-2-1-3-7-18/h1-13H,14-17H2,(H,26,29). The Morgan fingerprint density at radius 2 is 1.70 bits per heavy atom. The third-order valence-corrected chi connectivity index (χ3v) is 5.02. The highest BCUT2D eigenvalue weighted by atomic mass is 35.5. The third kappa shape index (κ3) is 4.99. The van der Waals surface area contributed by atoms with Gasteiger partial charge in [-0.1, -0.05) is 54.1 Å².